The molecule has 15 heteroatoms. The largest absolute Gasteiger partial charge is 0.507 e. The van der Waals surface area contributed by atoms with Crippen LogP contribution in [-0.2, 0) is 13.2 Å². The third kappa shape index (κ3) is 16.4. The summed E-state index contributed by atoms with van der Waals surface area (Å²) in [5.41, 5.74) is 7.73. The molecule has 8 aromatic carbocycles. The first-order valence-corrected chi connectivity index (χ1v) is 26.6. The quantitative estimate of drug-likeness (QED) is 0.0860. The Morgan fingerprint density at radius 3 is 1.24 bits per heavy atom. The minimum atomic E-state index is -0.344. The zero-order valence-electron chi connectivity index (χ0n) is 45.4. The molecule has 0 radical (unpaired) electrons. The average molecular weight is 1130 g/mol. The maximum absolute atomic E-state index is 13.4. The van der Waals surface area contributed by atoms with Crippen molar-refractivity contribution in [2.45, 2.75) is 54.8 Å². The molecule has 0 aliphatic rings. The molecule has 0 spiro atoms. The second kappa shape index (κ2) is 29.5. The molecule has 0 saturated carbocycles. The predicted octanol–water partition coefficient (Wildman–Crippen LogP) is 15.8. The minimum Gasteiger partial charge on any atom is -0.507 e. The molecular weight excluding hydrogens is 1060 g/mol. The number of aromatic hydroxyl groups is 1. The topological polar surface area (TPSA) is 136 Å². The van der Waals surface area contributed by atoms with Gasteiger partial charge < -0.3 is 43.9 Å². The highest BCUT2D eigenvalue weighted by Gasteiger charge is 2.25. The molecule has 0 saturated heterocycles. The highest BCUT2D eigenvalue weighted by atomic mass is 35.5. The number of phenolic OH excluding ortho intramolecular Hbond substituents is 1. The lowest BCUT2D eigenvalue weighted by Crippen LogP contribution is -2.27. The van der Waals surface area contributed by atoms with Gasteiger partial charge in [0.1, 0.15) is 64.4 Å². The second-order valence-electron chi connectivity index (χ2n) is 17.8. The van der Waals surface area contributed by atoms with Crippen LogP contribution >= 0.6 is 34.8 Å². The maximum atomic E-state index is 13.4. The van der Waals surface area contributed by atoms with Crippen LogP contribution in [0, 0.1) is 20.8 Å². The molecule has 3 amide bonds. The van der Waals surface area contributed by atoms with Gasteiger partial charge >= 0.3 is 0 Å². The number of anilines is 3. The molecule has 0 heterocycles. The Labute approximate surface area is 478 Å². The normalized spacial score (nSPS) is 10.4. The summed E-state index contributed by atoms with van der Waals surface area (Å²) in [6, 6.07) is 51.3. The summed E-state index contributed by atoms with van der Waals surface area (Å²) < 4.78 is 28.8. The van der Waals surface area contributed by atoms with Crippen molar-refractivity contribution in [3.8, 4) is 34.5 Å². The molecule has 79 heavy (non-hydrogen) atoms. The summed E-state index contributed by atoms with van der Waals surface area (Å²) in [6.07, 6.45) is 0. The summed E-state index contributed by atoms with van der Waals surface area (Å²) in [7, 11) is 3.38. The number of aryl methyl sites for hydroxylation is 3. The SMILES string of the molecule is CCOc1cccc(O)c1C(=O)N(C)c1ccc(Cl)c(C)c1.CCOc1cccc(OCc2ccccc2)c1C(=O)N(C)c1ccc(Cl)c(C)c1.CCOc1cccc(OCc2ccccc2)c1C(=O)Nc1ccc(Cl)c(C)c1. The van der Waals surface area contributed by atoms with Crippen LogP contribution < -0.4 is 38.8 Å². The van der Waals surface area contributed by atoms with Crippen LogP contribution in [-0.4, -0.2) is 56.7 Å². The van der Waals surface area contributed by atoms with E-state index in [0.717, 1.165) is 33.5 Å². The van der Waals surface area contributed by atoms with Crippen molar-refractivity contribution in [1.82, 2.24) is 0 Å². The lowest BCUT2D eigenvalue weighted by Gasteiger charge is -2.22. The Kier molecular flexibility index (Phi) is 22.5. The van der Waals surface area contributed by atoms with Gasteiger partial charge in [-0.3, -0.25) is 14.4 Å². The molecule has 0 atom stereocenters. The van der Waals surface area contributed by atoms with E-state index in [9.17, 15) is 19.5 Å². The number of halogens is 3. The van der Waals surface area contributed by atoms with Crippen molar-refractivity contribution in [3.05, 3.63) is 229 Å². The second-order valence-corrected chi connectivity index (χ2v) is 19.0. The van der Waals surface area contributed by atoms with E-state index >= 15 is 0 Å². The smallest absolute Gasteiger partial charge is 0.265 e. The standard InChI is InChI=1S/C24H24ClNO3.C23H22ClNO3.C17H18ClNO3/c1-4-28-21-11-8-12-22(29-16-18-9-6-5-7-10-18)23(21)24(27)26(3)19-13-14-20(25)17(2)15-19;1-3-27-20-10-7-11-21(28-15-17-8-5-4-6-9-17)22(20)23(26)25-18-12-13-19(24)16(2)14-18;1-4-22-15-7-5-6-14(20)16(15)17(21)19(3)12-8-9-13(18)11(2)10-12/h5-15H,4,16H2,1-3H3;4-14H,3,15H2,1-2H3,(H,25,26);5-10,20H,4H2,1-3H3. The highest BCUT2D eigenvalue weighted by Crippen LogP contribution is 2.35. The molecular formula is C64H64Cl3N3O9. The van der Waals surface area contributed by atoms with Crippen LogP contribution in [0.25, 0.3) is 0 Å². The molecule has 8 aromatic rings. The van der Waals surface area contributed by atoms with Crippen molar-refractivity contribution in [3.63, 3.8) is 0 Å². The van der Waals surface area contributed by atoms with E-state index in [2.05, 4.69) is 5.32 Å². The van der Waals surface area contributed by atoms with Gasteiger partial charge in [0.2, 0.25) is 0 Å². The number of benzene rings is 8. The summed E-state index contributed by atoms with van der Waals surface area (Å²) in [5.74, 6) is 1.35. The van der Waals surface area contributed by atoms with E-state index in [4.69, 9.17) is 58.5 Å². The molecule has 12 nitrogen and oxygen atoms in total. The number of rotatable bonds is 18. The summed E-state index contributed by atoms with van der Waals surface area (Å²) in [4.78, 5) is 42.2. The van der Waals surface area contributed by atoms with Gasteiger partial charge in [0.15, 0.2) is 0 Å². The third-order valence-corrected chi connectivity index (χ3v) is 13.4. The van der Waals surface area contributed by atoms with E-state index in [0.29, 0.717) is 99.4 Å². The monoisotopic (exact) mass is 1120 g/mol. The Balaban J connectivity index is 0.000000193. The molecule has 2 N–H and O–H groups in total. The number of nitrogens with one attached hydrogen (secondary N) is 1. The lowest BCUT2D eigenvalue weighted by molar-refractivity contribution is 0.0977. The summed E-state index contributed by atoms with van der Waals surface area (Å²) in [6.45, 7) is 13.3. The number of hydrogen-bond acceptors (Lipinski definition) is 9. The van der Waals surface area contributed by atoms with Gasteiger partial charge in [-0.15, -0.1) is 0 Å². The predicted molar refractivity (Wildman–Crippen MR) is 318 cm³/mol. The zero-order valence-corrected chi connectivity index (χ0v) is 47.7. The Morgan fingerprint density at radius 1 is 0.443 bits per heavy atom. The van der Waals surface area contributed by atoms with Gasteiger partial charge in [0.05, 0.1) is 19.8 Å². The van der Waals surface area contributed by atoms with Gasteiger partial charge in [-0.1, -0.05) is 114 Å². The van der Waals surface area contributed by atoms with E-state index in [1.54, 1.807) is 85.7 Å². The fourth-order valence-corrected chi connectivity index (χ4v) is 8.24. The lowest BCUT2D eigenvalue weighted by atomic mass is 10.1. The highest BCUT2D eigenvalue weighted by molar-refractivity contribution is 6.32. The first-order chi connectivity index (χ1) is 38.0. The number of nitrogens with zero attached hydrogens (tertiary/aromatic N) is 2. The summed E-state index contributed by atoms with van der Waals surface area (Å²) in [5, 5.41) is 14.9. The van der Waals surface area contributed by atoms with Crippen molar-refractivity contribution >= 4 is 69.6 Å². The van der Waals surface area contributed by atoms with Crippen LogP contribution in [0.3, 0.4) is 0 Å². The Bertz CT molecular complexity index is 3340. The van der Waals surface area contributed by atoms with Crippen LogP contribution in [0.1, 0.15) is 79.7 Å². The minimum absolute atomic E-state index is 0.103. The molecule has 0 aliphatic heterocycles. The van der Waals surface area contributed by atoms with Crippen molar-refractivity contribution in [2.24, 2.45) is 0 Å². The van der Waals surface area contributed by atoms with Gasteiger partial charge in [-0.2, -0.15) is 0 Å². The van der Waals surface area contributed by atoms with Gasteiger partial charge in [0.25, 0.3) is 17.7 Å². The third-order valence-electron chi connectivity index (χ3n) is 12.1. The average Bonchev–Trinajstić information content (AvgIpc) is 3.48. The molecule has 0 aliphatic carbocycles. The van der Waals surface area contributed by atoms with Crippen LogP contribution in [0.5, 0.6) is 34.5 Å². The van der Waals surface area contributed by atoms with E-state index in [-0.39, 0.29) is 29.0 Å². The van der Waals surface area contributed by atoms with Crippen molar-refractivity contribution in [1.29, 1.82) is 0 Å². The fourth-order valence-electron chi connectivity index (χ4n) is 7.89. The van der Waals surface area contributed by atoms with Crippen LogP contribution in [0.15, 0.2) is 170 Å². The molecule has 0 bridgehead atoms. The molecule has 8 rings (SSSR count). The van der Waals surface area contributed by atoms with Crippen LogP contribution in [0.2, 0.25) is 15.1 Å². The summed E-state index contributed by atoms with van der Waals surface area (Å²) >= 11 is 18.2. The van der Waals surface area contributed by atoms with Crippen LogP contribution in [0.4, 0.5) is 17.1 Å². The first kappa shape index (κ1) is 60.1. The fraction of sp³-hybridized carbons (Fsp3) is 0.203. The number of ether oxygens (including phenoxy) is 5. The van der Waals surface area contributed by atoms with Crippen molar-refractivity contribution < 1.29 is 43.2 Å². The Morgan fingerprint density at radius 2 is 0.810 bits per heavy atom. The van der Waals surface area contributed by atoms with E-state index in [1.165, 1.54) is 11.0 Å². The molecule has 0 aromatic heterocycles. The Hall–Kier alpha value is -8.16. The molecule has 0 fully saturated rings. The van der Waals surface area contributed by atoms with E-state index < -0.39 is 0 Å². The number of hydrogen-bond donors (Lipinski definition) is 2. The first-order valence-electron chi connectivity index (χ1n) is 25.5. The number of phenols is 1. The van der Waals surface area contributed by atoms with Gasteiger partial charge in [-0.05, 0) is 160 Å². The maximum Gasteiger partial charge on any atom is 0.265 e. The van der Waals surface area contributed by atoms with Crippen molar-refractivity contribution in [2.75, 3.05) is 49.0 Å². The zero-order chi connectivity index (χ0) is 57.0. The number of amides is 3. The number of carbonyl (C=O) groups is 3. The number of carbonyl (C=O) groups excluding carboxylic acids is 3. The molecule has 0 unspecified atom stereocenters. The van der Waals surface area contributed by atoms with E-state index in [1.807, 2.05) is 139 Å². The van der Waals surface area contributed by atoms with Gasteiger partial charge in [0, 0.05) is 46.2 Å². The molecule has 410 valence electrons. The van der Waals surface area contributed by atoms with Gasteiger partial charge in [-0.25, -0.2) is 0 Å².